The van der Waals surface area contributed by atoms with Crippen molar-refractivity contribution >= 4 is 5.82 Å². The molecule has 0 unspecified atom stereocenters. The lowest BCUT2D eigenvalue weighted by molar-refractivity contribution is 0.882. The molecule has 0 atom stereocenters. The third kappa shape index (κ3) is 2.49. The second-order valence-electron chi connectivity index (χ2n) is 4.44. The fraction of sp³-hybridized carbons (Fsp3) is 0.357. The van der Waals surface area contributed by atoms with E-state index < -0.39 is 0 Å². The van der Waals surface area contributed by atoms with Gasteiger partial charge in [0.1, 0.15) is 0 Å². The minimum atomic E-state index is 0.380. The van der Waals surface area contributed by atoms with E-state index in [1.165, 1.54) is 16.8 Å². The van der Waals surface area contributed by atoms with Crippen LogP contribution in [0.2, 0.25) is 0 Å². The van der Waals surface area contributed by atoms with Crippen LogP contribution in [0.25, 0.3) is 11.1 Å². The van der Waals surface area contributed by atoms with Crippen LogP contribution in [-0.2, 0) is 6.42 Å². The normalized spacial score (nSPS) is 10.8. The number of hydrogen-bond acceptors (Lipinski definition) is 2. The molecule has 17 heavy (non-hydrogen) atoms. The van der Waals surface area contributed by atoms with Gasteiger partial charge in [0.25, 0.3) is 0 Å². The molecule has 0 bridgehead atoms. The molecule has 0 radical (unpaired) electrons. The van der Waals surface area contributed by atoms with Crippen LogP contribution in [0.15, 0.2) is 30.3 Å². The highest BCUT2D eigenvalue weighted by Gasteiger charge is 2.14. The summed E-state index contributed by atoms with van der Waals surface area (Å²) in [4.78, 5) is 0. The topological polar surface area (TPSA) is 40.7 Å². The summed E-state index contributed by atoms with van der Waals surface area (Å²) in [6, 6.07) is 10.8. The van der Waals surface area contributed by atoms with E-state index in [4.69, 9.17) is 0 Å². The van der Waals surface area contributed by atoms with E-state index in [-0.39, 0.29) is 0 Å². The Morgan fingerprint density at radius 2 is 1.94 bits per heavy atom. The summed E-state index contributed by atoms with van der Waals surface area (Å²) in [6.07, 6.45) is 0.955. The number of benzene rings is 1. The first-order valence-corrected chi connectivity index (χ1v) is 6.11. The van der Waals surface area contributed by atoms with E-state index in [0.717, 1.165) is 12.2 Å². The fourth-order valence-electron chi connectivity index (χ4n) is 1.93. The third-order valence-electron chi connectivity index (χ3n) is 2.68. The Kier molecular flexibility index (Phi) is 3.47. The average molecular weight is 229 g/mol. The smallest absolute Gasteiger partial charge is 0.156 e. The molecule has 3 heteroatoms. The number of H-pyrrole nitrogens is 1. The maximum Gasteiger partial charge on any atom is 0.156 e. The van der Waals surface area contributed by atoms with Crippen molar-refractivity contribution in [3.8, 4) is 11.1 Å². The number of aromatic nitrogens is 2. The zero-order chi connectivity index (χ0) is 12.3. The lowest BCUT2D eigenvalue weighted by Gasteiger charge is -2.10. The van der Waals surface area contributed by atoms with Crippen molar-refractivity contribution in [1.82, 2.24) is 10.2 Å². The van der Waals surface area contributed by atoms with Gasteiger partial charge in [0.15, 0.2) is 5.82 Å². The van der Waals surface area contributed by atoms with Crippen molar-refractivity contribution in [2.45, 2.75) is 33.2 Å². The van der Waals surface area contributed by atoms with Crippen molar-refractivity contribution < 1.29 is 0 Å². The first-order chi connectivity index (χ1) is 8.22. The van der Waals surface area contributed by atoms with Crippen LogP contribution in [0, 0.1) is 0 Å². The maximum atomic E-state index is 4.37. The molecule has 1 aromatic carbocycles. The van der Waals surface area contributed by atoms with Gasteiger partial charge in [-0.25, -0.2) is 0 Å². The molecule has 0 amide bonds. The van der Waals surface area contributed by atoms with Crippen molar-refractivity contribution in [1.29, 1.82) is 0 Å². The van der Waals surface area contributed by atoms with Gasteiger partial charge >= 0.3 is 0 Å². The predicted octanol–water partition coefficient (Wildman–Crippen LogP) is 3.46. The van der Waals surface area contributed by atoms with Crippen molar-refractivity contribution in [3.63, 3.8) is 0 Å². The van der Waals surface area contributed by atoms with Gasteiger partial charge in [0, 0.05) is 17.3 Å². The van der Waals surface area contributed by atoms with E-state index in [1.54, 1.807) is 0 Å². The van der Waals surface area contributed by atoms with E-state index in [0.29, 0.717) is 6.04 Å². The molecule has 0 saturated carbocycles. The highest BCUT2D eigenvalue weighted by Crippen LogP contribution is 2.30. The van der Waals surface area contributed by atoms with E-state index in [2.05, 4.69) is 60.6 Å². The average Bonchev–Trinajstić information content (AvgIpc) is 2.72. The first kappa shape index (κ1) is 11.7. The second kappa shape index (κ2) is 5.04. The number of hydrogen-bond donors (Lipinski definition) is 2. The van der Waals surface area contributed by atoms with E-state index in [1.807, 2.05) is 6.07 Å². The van der Waals surface area contributed by atoms with E-state index in [9.17, 15) is 0 Å². The lowest BCUT2D eigenvalue weighted by atomic mass is 10.0. The predicted molar refractivity (Wildman–Crippen MR) is 72.2 cm³/mol. The summed E-state index contributed by atoms with van der Waals surface area (Å²) in [5.74, 6) is 0.947. The Bertz CT molecular complexity index is 471. The first-order valence-electron chi connectivity index (χ1n) is 6.11. The van der Waals surface area contributed by atoms with Gasteiger partial charge in [-0.2, -0.15) is 5.10 Å². The summed E-state index contributed by atoms with van der Waals surface area (Å²) in [7, 11) is 0. The van der Waals surface area contributed by atoms with Crippen LogP contribution in [0.4, 0.5) is 5.82 Å². The number of anilines is 1. The van der Waals surface area contributed by atoms with Crippen LogP contribution in [-0.4, -0.2) is 16.2 Å². The van der Waals surface area contributed by atoms with Crippen molar-refractivity contribution in [2.24, 2.45) is 0 Å². The Labute approximate surface area is 102 Å². The van der Waals surface area contributed by atoms with Gasteiger partial charge < -0.3 is 5.32 Å². The molecule has 0 spiro atoms. The maximum absolute atomic E-state index is 4.37. The lowest BCUT2D eigenvalue weighted by Crippen LogP contribution is -2.10. The summed E-state index contributed by atoms with van der Waals surface area (Å²) < 4.78 is 0. The largest absolute Gasteiger partial charge is 0.366 e. The number of aromatic amines is 1. The molecule has 0 fully saturated rings. The third-order valence-corrected chi connectivity index (χ3v) is 2.68. The molecule has 90 valence electrons. The number of aryl methyl sites for hydroxylation is 1. The molecule has 2 rings (SSSR count). The molecule has 1 aromatic heterocycles. The molecule has 0 aliphatic rings. The Balaban J connectivity index is 2.46. The minimum Gasteiger partial charge on any atom is -0.366 e. The molecule has 2 aromatic rings. The van der Waals surface area contributed by atoms with Crippen molar-refractivity contribution in [2.75, 3.05) is 5.32 Å². The molecule has 0 aliphatic heterocycles. The van der Waals surface area contributed by atoms with Crippen LogP contribution in [0.1, 0.15) is 26.5 Å². The number of nitrogens with zero attached hydrogens (tertiary/aromatic N) is 1. The second-order valence-corrected chi connectivity index (χ2v) is 4.44. The van der Waals surface area contributed by atoms with Gasteiger partial charge in [-0.3, -0.25) is 5.10 Å². The molecule has 3 nitrogen and oxygen atoms in total. The van der Waals surface area contributed by atoms with Gasteiger partial charge in [-0.1, -0.05) is 37.3 Å². The van der Waals surface area contributed by atoms with E-state index >= 15 is 0 Å². The van der Waals surface area contributed by atoms with Gasteiger partial charge in [0.05, 0.1) is 0 Å². The molecule has 0 saturated heterocycles. The van der Waals surface area contributed by atoms with Crippen LogP contribution in [0.5, 0.6) is 0 Å². The summed E-state index contributed by atoms with van der Waals surface area (Å²) in [5, 5.41) is 10.9. The number of nitrogens with one attached hydrogen (secondary N) is 2. The monoisotopic (exact) mass is 229 g/mol. The standard InChI is InChI=1S/C14H19N3/c1-4-12-13(11-8-6-5-7-9-11)14(17-16-12)15-10(2)3/h5-10H,4H2,1-3H3,(H2,15,16,17). The van der Waals surface area contributed by atoms with Crippen molar-refractivity contribution in [3.05, 3.63) is 36.0 Å². The quantitative estimate of drug-likeness (QED) is 0.843. The molecular formula is C14H19N3. The Morgan fingerprint density at radius 1 is 1.24 bits per heavy atom. The minimum absolute atomic E-state index is 0.380. The molecule has 2 N–H and O–H groups in total. The van der Waals surface area contributed by atoms with Gasteiger partial charge in [0.2, 0.25) is 0 Å². The Hall–Kier alpha value is -1.77. The van der Waals surface area contributed by atoms with Gasteiger partial charge in [-0.15, -0.1) is 0 Å². The highest BCUT2D eigenvalue weighted by atomic mass is 15.2. The van der Waals surface area contributed by atoms with Crippen LogP contribution < -0.4 is 5.32 Å². The highest BCUT2D eigenvalue weighted by molar-refractivity contribution is 5.77. The summed E-state index contributed by atoms with van der Waals surface area (Å²) in [6.45, 7) is 6.38. The zero-order valence-corrected chi connectivity index (χ0v) is 10.6. The van der Waals surface area contributed by atoms with Crippen LogP contribution >= 0.6 is 0 Å². The van der Waals surface area contributed by atoms with Gasteiger partial charge in [-0.05, 0) is 25.8 Å². The Morgan fingerprint density at radius 3 is 2.53 bits per heavy atom. The van der Waals surface area contributed by atoms with Crippen LogP contribution in [0.3, 0.4) is 0 Å². The number of rotatable bonds is 4. The fourth-order valence-corrected chi connectivity index (χ4v) is 1.93. The molecule has 1 heterocycles. The summed E-state index contributed by atoms with van der Waals surface area (Å²) in [5.41, 5.74) is 3.59. The molecule has 0 aliphatic carbocycles. The zero-order valence-electron chi connectivity index (χ0n) is 10.6. The SMILES string of the molecule is CCc1[nH]nc(NC(C)C)c1-c1ccccc1. The summed E-state index contributed by atoms with van der Waals surface area (Å²) >= 11 is 0. The molecular weight excluding hydrogens is 210 g/mol.